The number of halogens is 1. The van der Waals surface area contributed by atoms with Crippen LogP contribution < -0.4 is 5.32 Å². The van der Waals surface area contributed by atoms with Gasteiger partial charge in [-0.25, -0.2) is 0 Å². The molecule has 0 aromatic heterocycles. The molecule has 27 heavy (non-hydrogen) atoms. The summed E-state index contributed by atoms with van der Waals surface area (Å²) >= 11 is 1.27. The van der Waals surface area contributed by atoms with E-state index in [0.717, 1.165) is 4.47 Å². The molecule has 1 atom stereocenters. The zero-order chi connectivity index (χ0) is 20.3. The number of hydrogen-bond acceptors (Lipinski definition) is 1. The normalized spacial score (nSPS) is 13.0. The van der Waals surface area contributed by atoms with Gasteiger partial charge in [-0.3, -0.25) is 0 Å². The minimum absolute atomic E-state index is 0.394. The third-order valence-electron chi connectivity index (χ3n) is 5.93. The molecule has 1 N–H and O–H groups in total. The Bertz CT molecular complexity index is 533. The van der Waals surface area contributed by atoms with Crippen LogP contribution in [-0.4, -0.2) is 24.4 Å². The quantitative estimate of drug-likeness (QED) is 0.231. The summed E-state index contributed by atoms with van der Waals surface area (Å²) in [7, 11) is 0. The molecule has 0 radical (unpaired) electrons. The van der Waals surface area contributed by atoms with Crippen LogP contribution in [0.5, 0.6) is 0 Å². The number of unbranched alkanes of at least 4 members (excludes halogenated alkanes) is 3. The fourth-order valence-corrected chi connectivity index (χ4v) is 21.3. The molecule has 0 fully saturated rings. The third kappa shape index (κ3) is 7.76. The Hall–Kier alpha value is 0.0387. The van der Waals surface area contributed by atoms with Gasteiger partial charge in [0.05, 0.1) is 0 Å². The topological polar surface area (TPSA) is 12.0 Å². The second-order valence-electron chi connectivity index (χ2n) is 8.46. The van der Waals surface area contributed by atoms with Crippen molar-refractivity contribution in [1.82, 2.24) is 0 Å². The van der Waals surface area contributed by atoms with Crippen molar-refractivity contribution in [3.8, 4) is 0 Å². The SMILES string of the molecule is C=[C](C(Nc1ccccc1Br)C(C)C)[Sn]([CH2]CCC)([CH2]CCC)[CH2]CCC. The van der Waals surface area contributed by atoms with Gasteiger partial charge in [0.15, 0.2) is 0 Å². The van der Waals surface area contributed by atoms with E-state index in [9.17, 15) is 0 Å². The number of anilines is 1. The number of rotatable bonds is 14. The molecule has 1 nitrogen and oxygen atoms in total. The molecule has 0 bridgehead atoms. The molecule has 3 heteroatoms. The summed E-state index contributed by atoms with van der Waals surface area (Å²) in [5, 5.41) is 3.89. The van der Waals surface area contributed by atoms with Crippen LogP contribution in [0.3, 0.4) is 0 Å². The van der Waals surface area contributed by atoms with Crippen LogP contribution in [0.2, 0.25) is 13.3 Å². The number of hydrogen-bond donors (Lipinski definition) is 1. The van der Waals surface area contributed by atoms with E-state index < -0.39 is 18.4 Å². The van der Waals surface area contributed by atoms with Crippen molar-refractivity contribution in [2.75, 3.05) is 5.32 Å². The fourth-order valence-electron chi connectivity index (χ4n) is 4.13. The predicted molar refractivity (Wildman–Crippen MR) is 130 cm³/mol. The maximum atomic E-state index is 4.85. The Morgan fingerprint density at radius 3 is 1.85 bits per heavy atom. The molecule has 0 saturated carbocycles. The van der Waals surface area contributed by atoms with Gasteiger partial charge in [0, 0.05) is 0 Å². The molecule has 154 valence electrons. The second kappa shape index (κ2) is 13.3. The average molecular weight is 543 g/mol. The van der Waals surface area contributed by atoms with Crippen LogP contribution in [0.25, 0.3) is 0 Å². The van der Waals surface area contributed by atoms with Crippen LogP contribution in [0.15, 0.2) is 38.9 Å². The summed E-state index contributed by atoms with van der Waals surface area (Å²) in [5.74, 6) is 0.561. The van der Waals surface area contributed by atoms with Crippen molar-refractivity contribution in [3.63, 3.8) is 0 Å². The monoisotopic (exact) mass is 543 g/mol. The summed E-state index contributed by atoms with van der Waals surface area (Å²) in [5.41, 5.74) is 1.21. The van der Waals surface area contributed by atoms with E-state index in [2.05, 4.69) is 80.1 Å². The first kappa shape index (κ1) is 25.1. The first-order valence-corrected chi connectivity index (χ1v) is 19.4. The van der Waals surface area contributed by atoms with Gasteiger partial charge >= 0.3 is 183 Å². The van der Waals surface area contributed by atoms with Gasteiger partial charge in [-0.15, -0.1) is 0 Å². The van der Waals surface area contributed by atoms with Gasteiger partial charge in [-0.2, -0.15) is 0 Å². The van der Waals surface area contributed by atoms with E-state index in [1.165, 1.54) is 57.5 Å². The summed E-state index contributed by atoms with van der Waals surface area (Å²) in [6.45, 7) is 16.6. The molecular formula is C24H42BrNSn. The van der Waals surface area contributed by atoms with Gasteiger partial charge in [0.25, 0.3) is 0 Å². The molecule has 0 amide bonds. The summed E-state index contributed by atoms with van der Waals surface area (Å²) < 4.78 is 7.27. The van der Waals surface area contributed by atoms with Gasteiger partial charge in [0.1, 0.15) is 0 Å². The summed E-state index contributed by atoms with van der Waals surface area (Å²) in [6.07, 6.45) is 8.11. The Kier molecular flexibility index (Phi) is 12.3. The van der Waals surface area contributed by atoms with Gasteiger partial charge in [-0.05, 0) is 0 Å². The van der Waals surface area contributed by atoms with Gasteiger partial charge in [0.2, 0.25) is 0 Å². The minimum atomic E-state index is -2.45. The molecule has 1 aromatic rings. The fraction of sp³-hybridized carbons (Fsp3) is 0.667. The Morgan fingerprint density at radius 1 is 0.963 bits per heavy atom. The van der Waals surface area contributed by atoms with Crippen LogP contribution in [0.1, 0.15) is 73.1 Å². The molecule has 0 aliphatic rings. The van der Waals surface area contributed by atoms with E-state index >= 15 is 0 Å². The van der Waals surface area contributed by atoms with Crippen LogP contribution in [-0.2, 0) is 0 Å². The summed E-state index contributed by atoms with van der Waals surface area (Å²) in [6, 6.07) is 8.92. The van der Waals surface area contributed by atoms with Gasteiger partial charge in [-0.1, -0.05) is 0 Å². The van der Waals surface area contributed by atoms with E-state index in [0.29, 0.717) is 12.0 Å². The van der Waals surface area contributed by atoms with Crippen LogP contribution >= 0.6 is 15.9 Å². The molecule has 0 saturated heterocycles. The van der Waals surface area contributed by atoms with E-state index in [1.807, 2.05) is 0 Å². The van der Waals surface area contributed by atoms with Crippen molar-refractivity contribution >= 4 is 40.0 Å². The average Bonchev–Trinajstić information content (AvgIpc) is 2.66. The van der Waals surface area contributed by atoms with Gasteiger partial charge < -0.3 is 0 Å². The Balaban J connectivity index is 3.19. The standard InChI is InChI=1S/C12H15BrN.3C4H9.Sn/c1-4-11(9(2)3)14-12-8-6-5-7-10(12)13;3*1-3-4-2;/h5-9,11,14H,1H2,2-3H3;3*1,3-4H2,2H3;. The molecule has 0 heterocycles. The van der Waals surface area contributed by atoms with Crippen molar-refractivity contribution in [2.45, 2.75) is 92.5 Å². The van der Waals surface area contributed by atoms with Crippen molar-refractivity contribution in [2.24, 2.45) is 5.92 Å². The van der Waals surface area contributed by atoms with Crippen molar-refractivity contribution < 1.29 is 0 Å². The van der Waals surface area contributed by atoms with E-state index in [1.54, 1.807) is 3.59 Å². The summed E-state index contributed by atoms with van der Waals surface area (Å²) in [4.78, 5) is 0. The zero-order valence-electron chi connectivity index (χ0n) is 18.4. The third-order valence-corrected chi connectivity index (χ3v) is 22.6. The van der Waals surface area contributed by atoms with E-state index in [4.69, 9.17) is 6.58 Å². The molecule has 0 aliphatic heterocycles. The Morgan fingerprint density at radius 2 is 1.44 bits per heavy atom. The Labute approximate surface area is 181 Å². The van der Waals surface area contributed by atoms with Crippen molar-refractivity contribution in [1.29, 1.82) is 0 Å². The van der Waals surface area contributed by atoms with E-state index in [-0.39, 0.29) is 0 Å². The number of benzene rings is 1. The molecular weight excluding hydrogens is 501 g/mol. The van der Waals surface area contributed by atoms with Crippen LogP contribution in [0, 0.1) is 5.92 Å². The molecule has 1 aromatic carbocycles. The molecule has 1 unspecified atom stereocenters. The van der Waals surface area contributed by atoms with Crippen molar-refractivity contribution in [3.05, 3.63) is 38.9 Å². The maximum absolute atomic E-state index is 4.85. The molecule has 1 rings (SSSR count). The number of para-hydroxylation sites is 1. The second-order valence-corrected chi connectivity index (χ2v) is 22.7. The predicted octanol–water partition coefficient (Wildman–Crippen LogP) is 8.83. The molecule has 0 aliphatic carbocycles. The first-order chi connectivity index (χ1) is 12.9. The van der Waals surface area contributed by atoms with Crippen LogP contribution in [0.4, 0.5) is 5.69 Å². The number of nitrogens with one attached hydrogen (secondary N) is 1. The first-order valence-electron chi connectivity index (χ1n) is 11.1. The zero-order valence-corrected chi connectivity index (χ0v) is 22.9. The molecule has 0 spiro atoms.